The first kappa shape index (κ1) is 17.7. The largest absolute Gasteiger partial charge is 0.352 e. The van der Waals surface area contributed by atoms with Crippen molar-refractivity contribution in [2.45, 2.75) is 6.42 Å². The maximum atomic E-state index is 12.6. The molecule has 2 aliphatic heterocycles. The number of benzene rings is 1. The lowest BCUT2D eigenvalue weighted by molar-refractivity contribution is -0.131. The molecule has 26 heavy (non-hydrogen) atoms. The zero-order valence-electron chi connectivity index (χ0n) is 15.4. The highest BCUT2D eigenvalue weighted by atomic mass is 32.1. The lowest BCUT2D eigenvalue weighted by Gasteiger charge is -2.36. The van der Waals surface area contributed by atoms with E-state index in [2.05, 4.69) is 50.4 Å². The van der Waals surface area contributed by atoms with Crippen LogP contribution in [-0.4, -0.2) is 90.9 Å². The minimum Gasteiger partial charge on any atom is -0.352 e. The number of likely N-dealkylation sites (N-methyl/N-ethyl adjacent to an activating group) is 1. The Morgan fingerprint density at radius 1 is 1.04 bits per heavy atom. The van der Waals surface area contributed by atoms with Crippen molar-refractivity contribution in [3.63, 3.8) is 0 Å². The molecule has 0 bridgehead atoms. The van der Waals surface area contributed by atoms with Crippen molar-refractivity contribution in [3.05, 3.63) is 24.3 Å². The number of hydrogen-bond donors (Lipinski definition) is 0. The smallest absolute Gasteiger partial charge is 0.223 e. The van der Waals surface area contributed by atoms with Gasteiger partial charge in [-0.3, -0.25) is 4.79 Å². The van der Waals surface area contributed by atoms with Gasteiger partial charge in [0.25, 0.3) is 0 Å². The molecule has 3 heterocycles. The van der Waals surface area contributed by atoms with Gasteiger partial charge < -0.3 is 19.6 Å². The average Bonchev–Trinajstić information content (AvgIpc) is 3.11. The van der Waals surface area contributed by atoms with Gasteiger partial charge in [-0.2, -0.15) is 4.37 Å². The topological polar surface area (TPSA) is 42.9 Å². The summed E-state index contributed by atoms with van der Waals surface area (Å²) >= 11 is 1.56. The first-order chi connectivity index (χ1) is 12.7. The van der Waals surface area contributed by atoms with Crippen LogP contribution in [0.4, 0.5) is 5.82 Å². The second-order valence-corrected chi connectivity index (χ2v) is 8.07. The van der Waals surface area contributed by atoms with E-state index in [1.54, 1.807) is 11.5 Å². The molecule has 1 amide bonds. The van der Waals surface area contributed by atoms with Crippen molar-refractivity contribution in [3.8, 4) is 0 Å². The van der Waals surface area contributed by atoms with Crippen LogP contribution >= 0.6 is 11.5 Å². The quantitative estimate of drug-likeness (QED) is 0.814. The number of anilines is 1. The predicted octanol–water partition coefficient (Wildman–Crippen LogP) is 1.58. The molecule has 0 aliphatic carbocycles. The van der Waals surface area contributed by atoms with E-state index in [4.69, 9.17) is 0 Å². The molecule has 0 N–H and O–H groups in total. The third kappa shape index (κ3) is 3.84. The Hall–Kier alpha value is -1.70. The van der Waals surface area contributed by atoms with Crippen molar-refractivity contribution in [2.75, 3.05) is 70.9 Å². The molecule has 0 unspecified atom stereocenters. The van der Waals surface area contributed by atoms with Crippen LogP contribution in [0.1, 0.15) is 6.42 Å². The summed E-state index contributed by atoms with van der Waals surface area (Å²) in [6.45, 7) is 8.60. The minimum absolute atomic E-state index is 0.298. The number of piperazine rings is 2. The molecule has 4 rings (SSSR count). The van der Waals surface area contributed by atoms with Gasteiger partial charge in [0.15, 0.2) is 0 Å². The third-order valence-corrected chi connectivity index (χ3v) is 6.35. The Bertz CT molecular complexity index is 747. The van der Waals surface area contributed by atoms with Gasteiger partial charge in [-0.25, -0.2) is 0 Å². The highest BCUT2D eigenvalue weighted by Gasteiger charge is 2.24. The fraction of sp³-hybridized carbons (Fsp3) is 0.579. The van der Waals surface area contributed by atoms with Gasteiger partial charge in [-0.15, -0.1) is 0 Å². The molecule has 0 saturated carbocycles. The fourth-order valence-corrected chi connectivity index (χ4v) is 4.55. The van der Waals surface area contributed by atoms with Crippen LogP contribution in [-0.2, 0) is 4.79 Å². The second kappa shape index (κ2) is 7.90. The van der Waals surface area contributed by atoms with E-state index in [0.29, 0.717) is 12.3 Å². The summed E-state index contributed by atoms with van der Waals surface area (Å²) in [5, 5.41) is 1.23. The molecule has 7 heteroatoms. The van der Waals surface area contributed by atoms with Crippen LogP contribution in [0.5, 0.6) is 0 Å². The Morgan fingerprint density at radius 3 is 2.54 bits per heavy atom. The van der Waals surface area contributed by atoms with Crippen LogP contribution in [0.25, 0.3) is 10.1 Å². The van der Waals surface area contributed by atoms with Crippen LogP contribution in [0, 0.1) is 0 Å². The number of carbonyl (C=O) groups excluding carboxylic acids is 1. The molecule has 0 spiro atoms. The van der Waals surface area contributed by atoms with Gasteiger partial charge >= 0.3 is 0 Å². The van der Waals surface area contributed by atoms with Gasteiger partial charge in [0.2, 0.25) is 5.91 Å². The summed E-state index contributed by atoms with van der Waals surface area (Å²) in [5.41, 5.74) is 0. The lowest BCUT2D eigenvalue weighted by atomic mass is 10.2. The summed E-state index contributed by atoms with van der Waals surface area (Å²) in [6, 6.07) is 8.38. The molecule has 2 aliphatic rings. The zero-order chi connectivity index (χ0) is 17.9. The first-order valence-corrected chi connectivity index (χ1v) is 10.3. The SMILES string of the molecule is CN1CCN(CCC(=O)N2CCN(c3nsc4ccccc34)CC2)CC1. The Balaban J connectivity index is 1.27. The number of hydrogen-bond acceptors (Lipinski definition) is 6. The van der Waals surface area contributed by atoms with Crippen LogP contribution in [0.2, 0.25) is 0 Å². The van der Waals surface area contributed by atoms with E-state index in [1.165, 1.54) is 10.1 Å². The van der Waals surface area contributed by atoms with E-state index >= 15 is 0 Å². The molecular formula is C19H27N5OS. The standard InChI is InChI=1S/C19H27N5OS/c1-21-8-10-22(11-9-21)7-6-18(25)23-12-14-24(15-13-23)19-16-4-2-3-5-17(16)26-20-19/h2-5H,6-15H2,1H3. The van der Waals surface area contributed by atoms with Gasteiger partial charge in [-0.05, 0) is 30.7 Å². The second-order valence-electron chi connectivity index (χ2n) is 7.27. The van der Waals surface area contributed by atoms with Gasteiger partial charge in [0.05, 0.1) is 4.70 Å². The molecule has 0 atom stereocenters. The Morgan fingerprint density at radius 2 is 1.77 bits per heavy atom. The summed E-state index contributed by atoms with van der Waals surface area (Å²) in [7, 11) is 2.16. The number of aromatic nitrogens is 1. The highest BCUT2D eigenvalue weighted by molar-refractivity contribution is 7.13. The summed E-state index contributed by atoms with van der Waals surface area (Å²) in [5.74, 6) is 1.38. The first-order valence-electron chi connectivity index (χ1n) is 9.49. The molecule has 2 saturated heterocycles. The molecule has 6 nitrogen and oxygen atoms in total. The summed E-state index contributed by atoms with van der Waals surface area (Å²) < 4.78 is 5.88. The number of carbonyl (C=O) groups is 1. The van der Waals surface area contributed by atoms with Crippen molar-refractivity contribution in [1.82, 2.24) is 19.1 Å². The van der Waals surface area contributed by atoms with Crippen LogP contribution in [0.3, 0.4) is 0 Å². The van der Waals surface area contributed by atoms with Crippen molar-refractivity contribution in [1.29, 1.82) is 0 Å². The van der Waals surface area contributed by atoms with Crippen LogP contribution in [0.15, 0.2) is 24.3 Å². The van der Waals surface area contributed by atoms with Crippen LogP contribution < -0.4 is 4.90 Å². The molecule has 1 aromatic carbocycles. The maximum Gasteiger partial charge on any atom is 0.223 e. The molecule has 140 valence electrons. The molecule has 2 aromatic rings. The van der Waals surface area contributed by atoms with E-state index in [9.17, 15) is 4.79 Å². The Kier molecular flexibility index (Phi) is 5.38. The number of nitrogens with zero attached hydrogens (tertiary/aromatic N) is 5. The summed E-state index contributed by atoms with van der Waals surface area (Å²) in [4.78, 5) is 21.7. The van der Waals surface area contributed by atoms with E-state index in [-0.39, 0.29) is 0 Å². The minimum atomic E-state index is 0.298. The van der Waals surface area contributed by atoms with E-state index in [1.807, 2.05) is 4.90 Å². The Labute approximate surface area is 159 Å². The van der Waals surface area contributed by atoms with Gasteiger partial charge in [-0.1, -0.05) is 12.1 Å². The number of rotatable bonds is 4. The third-order valence-electron chi connectivity index (χ3n) is 5.53. The fourth-order valence-electron chi connectivity index (χ4n) is 3.75. The lowest BCUT2D eigenvalue weighted by Crippen LogP contribution is -2.50. The zero-order valence-corrected chi connectivity index (χ0v) is 16.2. The normalized spacial score (nSPS) is 20.0. The monoisotopic (exact) mass is 373 g/mol. The van der Waals surface area contributed by atoms with E-state index < -0.39 is 0 Å². The number of fused-ring (bicyclic) bond motifs is 1. The van der Waals surface area contributed by atoms with Crippen molar-refractivity contribution in [2.24, 2.45) is 0 Å². The van der Waals surface area contributed by atoms with Crippen molar-refractivity contribution >= 4 is 33.3 Å². The maximum absolute atomic E-state index is 12.6. The average molecular weight is 374 g/mol. The van der Waals surface area contributed by atoms with Gasteiger partial charge in [0.1, 0.15) is 5.82 Å². The molecule has 0 radical (unpaired) electrons. The summed E-state index contributed by atoms with van der Waals surface area (Å²) in [6.07, 6.45) is 0.642. The van der Waals surface area contributed by atoms with Gasteiger partial charge in [0, 0.05) is 70.7 Å². The molecule has 2 fully saturated rings. The van der Waals surface area contributed by atoms with E-state index in [0.717, 1.165) is 64.7 Å². The molecular weight excluding hydrogens is 346 g/mol. The van der Waals surface area contributed by atoms with Crippen molar-refractivity contribution < 1.29 is 4.79 Å². The predicted molar refractivity (Wildman–Crippen MR) is 107 cm³/mol. The highest BCUT2D eigenvalue weighted by Crippen LogP contribution is 2.29. The molecule has 1 aromatic heterocycles. The number of amides is 1.